The number of aryl methyl sites for hydroxylation is 1. The molecule has 1 atom stereocenters. The molecular formula is C11H14N2O4S. The number of nitrogens with zero attached hydrogens (tertiary/aromatic N) is 2. The Bertz CT molecular complexity index is 460. The van der Waals surface area contributed by atoms with Crippen LogP contribution in [0.3, 0.4) is 0 Å². The lowest BCUT2D eigenvalue weighted by atomic mass is 10.2. The molecule has 0 N–H and O–H groups in total. The number of esters is 1. The molecular weight excluding hydrogens is 256 g/mol. The topological polar surface area (TPSA) is 68.7 Å². The van der Waals surface area contributed by atoms with Crippen molar-refractivity contribution in [3.8, 4) is 0 Å². The second kappa shape index (κ2) is 5.45. The first kappa shape index (κ1) is 13.0. The van der Waals surface area contributed by atoms with Crippen molar-refractivity contribution in [3.05, 3.63) is 16.1 Å². The number of hydrogen-bond donors (Lipinski definition) is 0. The lowest BCUT2D eigenvalue weighted by molar-refractivity contribution is -0.158. The predicted octanol–water partition coefficient (Wildman–Crippen LogP) is 0.466. The van der Waals surface area contributed by atoms with Gasteiger partial charge in [-0.2, -0.15) is 0 Å². The van der Waals surface area contributed by atoms with E-state index in [1.807, 2.05) is 0 Å². The first-order valence-electron chi connectivity index (χ1n) is 5.52. The van der Waals surface area contributed by atoms with Crippen LogP contribution in [0.1, 0.15) is 15.4 Å². The minimum atomic E-state index is -0.694. The summed E-state index contributed by atoms with van der Waals surface area (Å²) >= 11 is 1.31. The molecule has 0 radical (unpaired) electrons. The molecule has 1 saturated heterocycles. The number of thiazole rings is 1. The zero-order valence-electron chi connectivity index (χ0n) is 10.2. The van der Waals surface area contributed by atoms with Crippen LogP contribution in [-0.4, -0.2) is 54.7 Å². The molecule has 1 aromatic heterocycles. The molecule has 0 aromatic carbocycles. The number of rotatable bonds is 2. The molecule has 18 heavy (non-hydrogen) atoms. The van der Waals surface area contributed by atoms with Crippen molar-refractivity contribution >= 4 is 23.2 Å². The van der Waals surface area contributed by atoms with Crippen LogP contribution < -0.4 is 0 Å². The van der Waals surface area contributed by atoms with E-state index in [1.54, 1.807) is 17.3 Å². The SMILES string of the molecule is COC(=O)C1CN(C(=O)c2scnc2C)CCO1. The van der Waals surface area contributed by atoms with Crippen LogP contribution in [-0.2, 0) is 14.3 Å². The van der Waals surface area contributed by atoms with Crippen LogP contribution in [0.4, 0.5) is 0 Å². The van der Waals surface area contributed by atoms with Gasteiger partial charge in [-0.3, -0.25) is 4.79 Å². The molecule has 2 heterocycles. The van der Waals surface area contributed by atoms with Gasteiger partial charge in [-0.1, -0.05) is 0 Å². The van der Waals surface area contributed by atoms with Crippen LogP contribution >= 0.6 is 11.3 Å². The molecule has 98 valence electrons. The summed E-state index contributed by atoms with van der Waals surface area (Å²) in [6.45, 7) is 2.83. The highest BCUT2D eigenvalue weighted by atomic mass is 32.1. The monoisotopic (exact) mass is 270 g/mol. The Morgan fingerprint density at radius 3 is 3.00 bits per heavy atom. The first-order valence-corrected chi connectivity index (χ1v) is 6.40. The number of hydrogen-bond acceptors (Lipinski definition) is 6. The second-order valence-electron chi connectivity index (χ2n) is 3.90. The van der Waals surface area contributed by atoms with Gasteiger partial charge in [-0.25, -0.2) is 9.78 Å². The highest BCUT2D eigenvalue weighted by Gasteiger charge is 2.31. The zero-order valence-corrected chi connectivity index (χ0v) is 11.0. The predicted molar refractivity (Wildman–Crippen MR) is 64.5 cm³/mol. The van der Waals surface area contributed by atoms with Crippen molar-refractivity contribution in [2.75, 3.05) is 26.8 Å². The smallest absolute Gasteiger partial charge is 0.336 e. The summed E-state index contributed by atoms with van der Waals surface area (Å²) in [5.74, 6) is -0.555. The Balaban J connectivity index is 2.07. The van der Waals surface area contributed by atoms with E-state index >= 15 is 0 Å². The maximum Gasteiger partial charge on any atom is 0.336 e. The molecule has 7 heteroatoms. The standard InChI is InChI=1S/C11H14N2O4S/c1-7-9(18-6-12-7)10(14)13-3-4-17-8(5-13)11(15)16-2/h6,8H,3-5H2,1-2H3. The van der Waals surface area contributed by atoms with Crippen molar-refractivity contribution < 1.29 is 19.1 Å². The lowest BCUT2D eigenvalue weighted by Crippen LogP contribution is -2.48. The van der Waals surface area contributed by atoms with Gasteiger partial charge in [-0.15, -0.1) is 11.3 Å². The van der Waals surface area contributed by atoms with Gasteiger partial charge in [0.1, 0.15) is 4.88 Å². The number of amides is 1. The summed E-state index contributed by atoms with van der Waals surface area (Å²) in [5, 5.41) is 0. The zero-order chi connectivity index (χ0) is 13.1. The van der Waals surface area contributed by atoms with Crippen molar-refractivity contribution in [2.24, 2.45) is 0 Å². The van der Waals surface area contributed by atoms with Gasteiger partial charge < -0.3 is 14.4 Å². The van der Waals surface area contributed by atoms with E-state index in [0.717, 1.165) is 0 Å². The van der Waals surface area contributed by atoms with Crippen LogP contribution in [0.15, 0.2) is 5.51 Å². The molecule has 1 unspecified atom stereocenters. The summed E-state index contributed by atoms with van der Waals surface area (Å²) in [7, 11) is 1.31. The van der Waals surface area contributed by atoms with E-state index in [2.05, 4.69) is 9.72 Å². The van der Waals surface area contributed by atoms with Crippen molar-refractivity contribution in [1.82, 2.24) is 9.88 Å². The molecule has 1 aliphatic rings. The Labute approximate surface area is 109 Å². The van der Waals surface area contributed by atoms with E-state index in [4.69, 9.17) is 4.74 Å². The molecule has 0 spiro atoms. The van der Waals surface area contributed by atoms with Crippen LogP contribution in [0.5, 0.6) is 0 Å². The molecule has 0 bridgehead atoms. The number of carbonyl (C=O) groups excluding carboxylic acids is 2. The van der Waals surface area contributed by atoms with E-state index in [9.17, 15) is 9.59 Å². The van der Waals surface area contributed by atoms with Crippen LogP contribution in [0, 0.1) is 6.92 Å². The van der Waals surface area contributed by atoms with Crippen LogP contribution in [0.2, 0.25) is 0 Å². The van der Waals surface area contributed by atoms with Crippen LogP contribution in [0.25, 0.3) is 0 Å². The van der Waals surface area contributed by atoms with E-state index in [-0.39, 0.29) is 12.5 Å². The Kier molecular flexibility index (Phi) is 3.93. The Morgan fingerprint density at radius 2 is 2.39 bits per heavy atom. The summed E-state index contributed by atoms with van der Waals surface area (Å²) in [4.78, 5) is 29.9. The van der Waals surface area contributed by atoms with Gasteiger partial charge in [0.25, 0.3) is 5.91 Å². The van der Waals surface area contributed by atoms with Crippen molar-refractivity contribution in [1.29, 1.82) is 0 Å². The van der Waals surface area contributed by atoms with E-state index in [1.165, 1.54) is 18.4 Å². The molecule has 0 saturated carbocycles. The maximum absolute atomic E-state index is 12.2. The largest absolute Gasteiger partial charge is 0.467 e. The summed E-state index contributed by atoms with van der Waals surface area (Å²) in [6, 6.07) is 0. The molecule has 1 aliphatic heterocycles. The quantitative estimate of drug-likeness (QED) is 0.730. The maximum atomic E-state index is 12.2. The highest BCUT2D eigenvalue weighted by molar-refractivity contribution is 7.11. The minimum Gasteiger partial charge on any atom is -0.467 e. The number of ether oxygens (including phenoxy) is 2. The minimum absolute atomic E-state index is 0.104. The number of carbonyl (C=O) groups is 2. The molecule has 0 aliphatic carbocycles. The second-order valence-corrected chi connectivity index (χ2v) is 4.76. The first-order chi connectivity index (χ1) is 8.63. The third-order valence-electron chi connectivity index (χ3n) is 2.76. The van der Waals surface area contributed by atoms with Gasteiger partial charge in [-0.05, 0) is 6.92 Å². The van der Waals surface area contributed by atoms with Gasteiger partial charge in [0.15, 0.2) is 6.10 Å². The molecule has 1 fully saturated rings. The number of methoxy groups -OCH3 is 1. The van der Waals surface area contributed by atoms with E-state index < -0.39 is 12.1 Å². The number of aromatic nitrogens is 1. The fraction of sp³-hybridized carbons (Fsp3) is 0.545. The van der Waals surface area contributed by atoms with Gasteiger partial charge in [0, 0.05) is 6.54 Å². The summed E-state index contributed by atoms with van der Waals surface area (Å²) < 4.78 is 9.90. The summed E-state index contributed by atoms with van der Waals surface area (Å²) in [5.41, 5.74) is 2.35. The lowest BCUT2D eigenvalue weighted by Gasteiger charge is -2.31. The van der Waals surface area contributed by atoms with Gasteiger partial charge in [0.2, 0.25) is 0 Å². The van der Waals surface area contributed by atoms with Crippen molar-refractivity contribution in [2.45, 2.75) is 13.0 Å². The highest BCUT2D eigenvalue weighted by Crippen LogP contribution is 2.17. The molecule has 2 rings (SSSR count). The Hall–Kier alpha value is -1.47. The van der Waals surface area contributed by atoms with Crippen molar-refractivity contribution in [3.63, 3.8) is 0 Å². The normalized spacial score (nSPS) is 19.7. The van der Waals surface area contributed by atoms with E-state index in [0.29, 0.717) is 23.7 Å². The molecule has 6 nitrogen and oxygen atoms in total. The fourth-order valence-electron chi connectivity index (χ4n) is 1.76. The molecule has 1 aromatic rings. The number of morpholine rings is 1. The van der Waals surface area contributed by atoms with Gasteiger partial charge >= 0.3 is 5.97 Å². The average Bonchev–Trinajstić information content (AvgIpc) is 2.83. The summed E-state index contributed by atoms with van der Waals surface area (Å²) in [6.07, 6.45) is -0.694. The van der Waals surface area contributed by atoms with Gasteiger partial charge in [0.05, 0.1) is 31.5 Å². The molecule has 1 amide bonds. The Morgan fingerprint density at radius 1 is 1.61 bits per heavy atom. The average molecular weight is 270 g/mol. The third kappa shape index (κ3) is 2.51. The third-order valence-corrected chi connectivity index (χ3v) is 3.67. The fourth-order valence-corrected chi connectivity index (χ4v) is 2.53.